The van der Waals surface area contributed by atoms with Crippen LogP contribution in [0, 0.1) is 5.41 Å². The number of nitrogen functional groups attached to an aromatic ring is 1. The van der Waals surface area contributed by atoms with Crippen LogP contribution in [-0.2, 0) is 9.84 Å². The first kappa shape index (κ1) is 18.1. The minimum atomic E-state index is -3.32. The Morgan fingerprint density at radius 2 is 1.92 bits per heavy atom. The maximum Gasteiger partial charge on any atom is 0.176 e. The van der Waals surface area contributed by atoms with Crippen molar-refractivity contribution in [2.45, 2.75) is 9.79 Å². The molecule has 0 radical (unpaired) electrons. The Morgan fingerprint density at radius 1 is 1.15 bits per heavy atom. The quantitative estimate of drug-likeness (QED) is 0.337. The Hall–Kier alpha value is -2.71. The van der Waals surface area contributed by atoms with Crippen LogP contribution in [0.4, 0.5) is 11.4 Å². The highest BCUT2D eigenvalue weighted by atomic mass is 32.2. The van der Waals surface area contributed by atoms with Gasteiger partial charge in [-0.25, -0.2) is 8.42 Å². The Balaban J connectivity index is 1.84. The number of hydrogen-bond acceptors (Lipinski definition) is 7. The second-order valence-electron chi connectivity index (χ2n) is 5.58. The van der Waals surface area contributed by atoms with Crippen LogP contribution in [-0.4, -0.2) is 20.4 Å². The molecule has 0 spiro atoms. The van der Waals surface area contributed by atoms with Gasteiger partial charge in [0.25, 0.3) is 0 Å². The van der Waals surface area contributed by atoms with Crippen molar-refractivity contribution in [3.8, 4) is 0 Å². The van der Waals surface area contributed by atoms with Crippen molar-refractivity contribution >= 4 is 38.9 Å². The van der Waals surface area contributed by atoms with Crippen LogP contribution in [0.2, 0.25) is 0 Å². The van der Waals surface area contributed by atoms with Crippen molar-refractivity contribution in [2.75, 3.05) is 16.7 Å². The second kappa shape index (κ2) is 7.27. The predicted molar refractivity (Wildman–Crippen MR) is 105 cm³/mol. The molecule has 0 amide bonds. The SMILES string of the molecule is CS(=O)(=O)c1ccccc1SNc1ccc(N)c(C(=N)c2ccco2)c1. The zero-order chi connectivity index (χ0) is 18.7. The van der Waals surface area contributed by atoms with E-state index in [0.717, 1.165) is 0 Å². The number of sulfone groups is 1. The third-order valence-corrected chi connectivity index (χ3v) is 5.82. The van der Waals surface area contributed by atoms with Crippen LogP contribution in [0.1, 0.15) is 11.3 Å². The molecule has 1 aromatic heterocycles. The molecular formula is C18H17N3O3S2. The summed E-state index contributed by atoms with van der Waals surface area (Å²) in [5.41, 5.74) is 7.85. The molecule has 0 saturated carbocycles. The molecule has 0 unspecified atom stereocenters. The van der Waals surface area contributed by atoms with E-state index >= 15 is 0 Å². The zero-order valence-corrected chi connectivity index (χ0v) is 15.5. The van der Waals surface area contributed by atoms with E-state index in [1.807, 2.05) is 0 Å². The summed E-state index contributed by atoms with van der Waals surface area (Å²) < 4.78 is 32.1. The molecule has 0 aliphatic heterocycles. The fourth-order valence-electron chi connectivity index (χ4n) is 2.34. The summed E-state index contributed by atoms with van der Waals surface area (Å²) >= 11 is 1.19. The molecule has 0 bridgehead atoms. The molecule has 6 nitrogen and oxygen atoms in total. The maximum absolute atomic E-state index is 11.9. The smallest absolute Gasteiger partial charge is 0.176 e. The van der Waals surface area contributed by atoms with Crippen LogP contribution >= 0.6 is 11.9 Å². The fraction of sp³-hybridized carbons (Fsp3) is 0.0556. The first-order chi connectivity index (χ1) is 12.4. The predicted octanol–water partition coefficient (Wildman–Crippen LogP) is 3.80. The molecule has 3 rings (SSSR count). The minimum Gasteiger partial charge on any atom is -0.463 e. The number of hydrogen-bond donors (Lipinski definition) is 3. The highest BCUT2D eigenvalue weighted by Crippen LogP contribution is 2.29. The van der Waals surface area contributed by atoms with Crippen molar-refractivity contribution in [1.82, 2.24) is 0 Å². The molecule has 8 heteroatoms. The van der Waals surface area contributed by atoms with Crippen LogP contribution in [0.3, 0.4) is 0 Å². The third-order valence-electron chi connectivity index (χ3n) is 3.62. The normalized spacial score (nSPS) is 11.3. The second-order valence-corrected chi connectivity index (χ2v) is 8.41. The number of nitrogens with two attached hydrogens (primary N) is 1. The van der Waals surface area contributed by atoms with Gasteiger partial charge in [-0.2, -0.15) is 0 Å². The van der Waals surface area contributed by atoms with Crippen LogP contribution in [0.25, 0.3) is 0 Å². The van der Waals surface area contributed by atoms with E-state index in [4.69, 9.17) is 15.6 Å². The van der Waals surface area contributed by atoms with E-state index < -0.39 is 9.84 Å². The maximum atomic E-state index is 11.9. The van der Waals surface area contributed by atoms with Gasteiger partial charge in [0.05, 0.1) is 11.2 Å². The molecule has 0 fully saturated rings. The summed E-state index contributed by atoms with van der Waals surface area (Å²) in [6.07, 6.45) is 2.68. The van der Waals surface area contributed by atoms with Gasteiger partial charge < -0.3 is 14.9 Å². The van der Waals surface area contributed by atoms with Gasteiger partial charge in [-0.15, -0.1) is 0 Å². The molecule has 0 aliphatic rings. The van der Waals surface area contributed by atoms with Gasteiger partial charge in [-0.05, 0) is 54.4 Å². The Bertz CT molecular complexity index is 1050. The van der Waals surface area contributed by atoms with Crippen molar-refractivity contribution in [3.05, 3.63) is 72.2 Å². The van der Waals surface area contributed by atoms with Crippen molar-refractivity contribution in [1.29, 1.82) is 5.41 Å². The molecule has 0 atom stereocenters. The Kier molecular flexibility index (Phi) is 5.06. The number of furan rings is 1. The van der Waals surface area contributed by atoms with Crippen molar-refractivity contribution < 1.29 is 12.8 Å². The molecule has 26 heavy (non-hydrogen) atoms. The lowest BCUT2D eigenvalue weighted by Crippen LogP contribution is -2.05. The van der Waals surface area contributed by atoms with Crippen LogP contribution in [0.15, 0.2) is 75.1 Å². The number of nitrogens with one attached hydrogen (secondary N) is 2. The summed E-state index contributed by atoms with van der Waals surface area (Å²) in [6.45, 7) is 0. The molecule has 0 aliphatic carbocycles. The van der Waals surface area contributed by atoms with Gasteiger partial charge in [0.15, 0.2) is 15.6 Å². The van der Waals surface area contributed by atoms with Gasteiger partial charge >= 0.3 is 0 Å². The monoisotopic (exact) mass is 387 g/mol. The number of benzene rings is 2. The highest BCUT2D eigenvalue weighted by molar-refractivity contribution is 8.01. The van der Waals surface area contributed by atoms with E-state index in [9.17, 15) is 8.42 Å². The molecular weight excluding hydrogens is 370 g/mol. The van der Waals surface area contributed by atoms with Gasteiger partial charge in [0.1, 0.15) is 5.71 Å². The lowest BCUT2D eigenvalue weighted by molar-refractivity contribution is 0.557. The van der Waals surface area contributed by atoms with Crippen molar-refractivity contribution in [2.24, 2.45) is 0 Å². The molecule has 3 aromatic rings. The van der Waals surface area contributed by atoms with Gasteiger partial charge in [-0.1, -0.05) is 12.1 Å². The number of anilines is 2. The van der Waals surface area contributed by atoms with E-state index in [-0.39, 0.29) is 10.6 Å². The lowest BCUT2D eigenvalue weighted by Gasteiger charge is -2.12. The molecule has 0 saturated heterocycles. The van der Waals surface area contributed by atoms with E-state index in [0.29, 0.717) is 27.6 Å². The highest BCUT2D eigenvalue weighted by Gasteiger charge is 2.14. The summed E-state index contributed by atoms with van der Waals surface area (Å²) in [6, 6.07) is 15.4. The van der Waals surface area contributed by atoms with Crippen LogP contribution < -0.4 is 10.5 Å². The van der Waals surface area contributed by atoms with Crippen LogP contribution in [0.5, 0.6) is 0 Å². The topological polar surface area (TPSA) is 109 Å². The summed E-state index contributed by atoms with van der Waals surface area (Å²) in [5.74, 6) is 0.420. The minimum absolute atomic E-state index is 0.178. The molecule has 4 N–H and O–H groups in total. The average Bonchev–Trinajstić information content (AvgIpc) is 3.14. The summed E-state index contributed by atoms with van der Waals surface area (Å²) in [7, 11) is -3.32. The van der Waals surface area contributed by atoms with Gasteiger partial charge in [0.2, 0.25) is 0 Å². The van der Waals surface area contributed by atoms with Gasteiger partial charge in [-0.3, -0.25) is 5.41 Å². The standard InChI is InChI=1S/C18H17N3O3S2/c1-26(22,23)17-7-3-2-6-16(17)25-21-12-8-9-14(19)13(11-12)18(20)15-5-4-10-24-15/h2-11,20-21H,19H2,1H3. The lowest BCUT2D eigenvalue weighted by atomic mass is 10.1. The van der Waals surface area contributed by atoms with E-state index in [1.165, 1.54) is 24.5 Å². The Morgan fingerprint density at radius 3 is 2.62 bits per heavy atom. The summed E-state index contributed by atoms with van der Waals surface area (Å²) in [5, 5.41) is 8.25. The zero-order valence-electron chi connectivity index (χ0n) is 13.9. The number of rotatable bonds is 6. The third kappa shape index (κ3) is 3.92. The fourth-order valence-corrected chi connectivity index (χ4v) is 4.35. The molecule has 2 aromatic carbocycles. The summed E-state index contributed by atoms with van der Waals surface area (Å²) in [4.78, 5) is 0.853. The first-order valence-electron chi connectivity index (χ1n) is 7.60. The molecule has 134 valence electrons. The Labute approximate surface area is 156 Å². The first-order valence-corrected chi connectivity index (χ1v) is 10.3. The average molecular weight is 387 g/mol. The largest absolute Gasteiger partial charge is 0.463 e. The van der Waals surface area contributed by atoms with Gasteiger partial charge in [0, 0.05) is 28.1 Å². The van der Waals surface area contributed by atoms with E-state index in [1.54, 1.807) is 54.6 Å². The van der Waals surface area contributed by atoms with Crippen molar-refractivity contribution in [3.63, 3.8) is 0 Å². The van der Waals surface area contributed by atoms with E-state index in [2.05, 4.69) is 4.72 Å². The molecule has 1 heterocycles.